The zero-order valence-electron chi connectivity index (χ0n) is 22.7. The van der Waals surface area contributed by atoms with Crippen LogP contribution in [0.25, 0.3) is 28.2 Å². The van der Waals surface area contributed by atoms with E-state index in [4.69, 9.17) is 20.1 Å². The molecular weight excluding hydrogens is 470 g/mol. The van der Waals surface area contributed by atoms with E-state index in [-0.39, 0.29) is 0 Å². The van der Waals surface area contributed by atoms with Gasteiger partial charge in [-0.1, -0.05) is 51.5 Å². The van der Waals surface area contributed by atoms with Crippen LogP contribution in [-0.4, -0.2) is 45.9 Å². The molecule has 0 aliphatic carbocycles. The maximum absolute atomic E-state index is 9.05. The van der Waals surface area contributed by atoms with E-state index >= 15 is 0 Å². The lowest BCUT2D eigenvalue weighted by atomic mass is 10.0. The Kier molecular flexibility index (Phi) is 9.66. The highest BCUT2D eigenvalue weighted by Crippen LogP contribution is 2.25. The molecule has 0 atom stereocenters. The van der Waals surface area contributed by atoms with E-state index in [1.807, 2.05) is 53.2 Å². The average Bonchev–Trinajstić information content (AvgIpc) is 3.41. The van der Waals surface area contributed by atoms with Gasteiger partial charge in [-0.25, -0.2) is 9.67 Å². The monoisotopic (exact) mass is 507 g/mol. The molecule has 4 rings (SSSR count). The number of hydrogen-bond donors (Lipinski definition) is 0. The number of ether oxygens (including phenoxy) is 1. The summed E-state index contributed by atoms with van der Waals surface area (Å²) in [6.45, 7) is 10.5. The van der Waals surface area contributed by atoms with E-state index in [2.05, 4.69) is 56.0 Å². The lowest BCUT2D eigenvalue weighted by Gasteiger charge is -2.17. The van der Waals surface area contributed by atoms with Crippen LogP contribution in [0.4, 0.5) is 0 Å². The Morgan fingerprint density at radius 2 is 1.45 bits per heavy atom. The van der Waals surface area contributed by atoms with Crippen molar-refractivity contribution < 1.29 is 4.74 Å². The number of benzene rings is 3. The third kappa shape index (κ3) is 6.87. The summed E-state index contributed by atoms with van der Waals surface area (Å²) in [6, 6.07) is 26.2. The fourth-order valence-electron chi connectivity index (χ4n) is 4.42. The molecular formula is C32H37N5O. The fourth-order valence-corrected chi connectivity index (χ4v) is 4.42. The summed E-state index contributed by atoms with van der Waals surface area (Å²) >= 11 is 0. The molecule has 0 N–H and O–H groups in total. The molecule has 38 heavy (non-hydrogen) atoms. The van der Waals surface area contributed by atoms with E-state index in [0.717, 1.165) is 85.1 Å². The van der Waals surface area contributed by atoms with Gasteiger partial charge in [-0.05, 0) is 85.6 Å². The zero-order chi connectivity index (χ0) is 26.7. The minimum atomic E-state index is 0.663. The summed E-state index contributed by atoms with van der Waals surface area (Å²) in [5, 5.41) is 13.9. The van der Waals surface area contributed by atoms with Gasteiger partial charge < -0.3 is 9.64 Å². The van der Waals surface area contributed by atoms with Gasteiger partial charge in [-0.2, -0.15) is 5.26 Å². The van der Waals surface area contributed by atoms with Crippen molar-refractivity contribution in [3.8, 4) is 40.0 Å². The van der Waals surface area contributed by atoms with Crippen molar-refractivity contribution in [3.63, 3.8) is 0 Å². The molecule has 0 fully saturated rings. The Morgan fingerprint density at radius 1 is 0.816 bits per heavy atom. The zero-order valence-corrected chi connectivity index (χ0v) is 22.7. The van der Waals surface area contributed by atoms with E-state index in [1.54, 1.807) is 0 Å². The molecule has 0 saturated heterocycles. The first-order valence-electron chi connectivity index (χ1n) is 13.7. The maximum atomic E-state index is 9.05. The summed E-state index contributed by atoms with van der Waals surface area (Å²) < 4.78 is 7.92. The predicted molar refractivity (Wildman–Crippen MR) is 153 cm³/mol. The highest BCUT2D eigenvalue weighted by atomic mass is 16.5. The molecule has 0 bridgehead atoms. The number of hydrogen-bond acceptors (Lipinski definition) is 5. The van der Waals surface area contributed by atoms with Crippen LogP contribution < -0.4 is 4.74 Å². The third-order valence-electron chi connectivity index (χ3n) is 6.78. The summed E-state index contributed by atoms with van der Waals surface area (Å²) in [6.07, 6.45) is 4.04. The second kappa shape index (κ2) is 13.6. The Bertz CT molecular complexity index is 1310. The van der Waals surface area contributed by atoms with Crippen LogP contribution in [-0.2, 0) is 6.42 Å². The van der Waals surface area contributed by atoms with Crippen molar-refractivity contribution in [1.29, 1.82) is 5.26 Å². The largest absolute Gasteiger partial charge is 0.494 e. The first-order valence-corrected chi connectivity index (χ1v) is 13.7. The second-order valence-electron chi connectivity index (χ2n) is 9.36. The molecule has 0 spiro atoms. The van der Waals surface area contributed by atoms with Crippen molar-refractivity contribution >= 4 is 0 Å². The summed E-state index contributed by atoms with van der Waals surface area (Å²) in [5.74, 6) is 2.56. The number of aromatic nitrogens is 3. The predicted octanol–water partition coefficient (Wildman–Crippen LogP) is 6.93. The van der Waals surface area contributed by atoms with Gasteiger partial charge in [0.15, 0.2) is 5.82 Å². The fraction of sp³-hybridized carbons (Fsp3) is 0.344. The molecule has 4 aromatic rings. The highest BCUT2D eigenvalue weighted by molar-refractivity contribution is 5.65. The smallest absolute Gasteiger partial charge is 0.181 e. The van der Waals surface area contributed by atoms with Gasteiger partial charge in [0.25, 0.3) is 0 Å². The molecule has 0 radical (unpaired) electrons. The van der Waals surface area contributed by atoms with Gasteiger partial charge in [-0.15, -0.1) is 5.10 Å². The average molecular weight is 508 g/mol. The van der Waals surface area contributed by atoms with Crippen LogP contribution >= 0.6 is 0 Å². The van der Waals surface area contributed by atoms with E-state index in [0.29, 0.717) is 12.2 Å². The Hall–Kier alpha value is -3.95. The molecule has 196 valence electrons. The van der Waals surface area contributed by atoms with Crippen molar-refractivity contribution in [3.05, 3.63) is 84.2 Å². The molecule has 0 aliphatic heterocycles. The minimum absolute atomic E-state index is 0.663. The van der Waals surface area contributed by atoms with Crippen LogP contribution in [0, 0.1) is 11.3 Å². The van der Waals surface area contributed by atoms with E-state index < -0.39 is 0 Å². The van der Waals surface area contributed by atoms with Gasteiger partial charge in [0.2, 0.25) is 0 Å². The van der Waals surface area contributed by atoms with Crippen molar-refractivity contribution in [2.24, 2.45) is 0 Å². The SMILES string of the molecule is CCCCc1nc(-c2ccc(OCCCN(CC)CC)cc2)nn1-c1ccc(-c2ccc(C#N)cc2)cc1. The Labute approximate surface area is 226 Å². The first-order chi connectivity index (χ1) is 18.6. The third-order valence-corrected chi connectivity index (χ3v) is 6.78. The standard InChI is InChI=1S/C32H37N5O/c1-4-7-9-31-34-32(28-16-20-30(21-17-28)38-23-8-22-36(5-2)6-3)35-37(31)29-18-14-27(15-19-29)26-12-10-25(24-33)11-13-26/h10-21H,4-9,22-23H2,1-3H3. The van der Waals surface area contributed by atoms with Gasteiger partial charge in [0.05, 0.1) is 23.9 Å². The molecule has 3 aromatic carbocycles. The number of nitriles is 1. The van der Waals surface area contributed by atoms with Crippen LogP contribution in [0.5, 0.6) is 5.75 Å². The summed E-state index contributed by atoms with van der Waals surface area (Å²) in [7, 11) is 0. The lowest BCUT2D eigenvalue weighted by molar-refractivity contribution is 0.249. The first kappa shape index (κ1) is 27.1. The second-order valence-corrected chi connectivity index (χ2v) is 9.36. The van der Waals surface area contributed by atoms with Gasteiger partial charge in [0.1, 0.15) is 11.6 Å². The Morgan fingerprint density at radius 3 is 2.05 bits per heavy atom. The Balaban J connectivity index is 1.48. The topological polar surface area (TPSA) is 67.0 Å². The molecule has 6 nitrogen and oxygen atoms in total. The molecule has 0 aliphatic rings. The molecule has 0 saturated carbocycles. The van der Waals surface area contributed by atoms with Gasteiger partial charge in [0, 0.05) is 18.5 Å². The molecule has 0 unspecified atom stereocenters. The van der Waals surface area contributed by atoms with Crippen molar-refractivity contribution in [2.75, 3.05) is 26.2 Å². The highest BCUT2D eigenvalue weighted by Gasteiger charge is 2.14. The van der Waals surface area contributed by atoms with Crippen LogP contribution in [0.15, 0.2) is 72.8 Å². The lowest BCUT2D eigenvalue weighted by Crippen LogP contribution is -2.25. The number of aryl methyl sites for hydroxylation is 1. The normalized spacial score (nSPS) is 11.0. The summed E-state index contributed by atoms with van der Waals surface area (Å²) in [4.78, 5) is 7.32. The van der Waals surface area contributed by atoms with E-state index in [9.17, 15) is 0 Å². The summed E-state index contributed by atoms with van der Waals surface area (Å²) in [5.41, 5.74) is 4.81. The minimum Gasteiger partial charge on any atom is -0.494 e. The number of unbranched alkanes of at least 4 members (excludes halogenated alkanes) is 1. The maximum Gasteiger partial charge on any atom is 0.181 e. The van der Waals surface area contributed by atoms with Gasteiger partial charge in [-0.3, -0.25) is 0 Å². The number of nitrogens with zero attached hydrogens (tertiary/aromatic N) is 5. The number of rotatable bonds is 13. The van der Waals surface area contributed by atoms with Crippen LogP contribution in [0.2, 0.25) is 0 Å². The quantitative estimate of drug-likeness (QED) is 0.184. The van der Waals surface area contributed by atoms with Gasteiger partial charge >= 0.3 is 0 Å². The van der Waals surface area contributed by atoms with Crippen LogP contribution in [0.3, 0.4) is 0 Å². The van der Waals surface area contributed by atoms with E-state index in [1.165, 1.54) is 0 Å². The molecule has 6 heteroatoms. The molecule has 1 heterocycles. The van der Waals surface area contributed by atoms with Crippen molar-refractivity contribution in [1.82, 2.24) is 19.7 Å². The van der Waals surface area contributed by atoms with Crippen LogP contribution in [0.1, 0.15) is 51.4 Å². The van der Waals surface area contributed by atoms with Crippen molar-refractivity contribution in [2.45, 2.75) is 46.5 Å². The molecule has 1 aromatic heterocycles. The molecule has 0 amide bonds.